The summed E-state index contributed by atoms with van der Waals surface area (Å²) in [6.07, 6.45) is 0. The van der Waals surface area contributed by atoms with E-state index in [1.807, 2.05) is 26.8 Å². The first-order valence-electron chi connectivity index (χ1n) is 5.25. The minimum Gasteiger partial charge on any atom is -0.299 e. The molecule has 1 aliphatic carbocycles. The summed E-state index contributed by atoms with van der Waals surface area (Å²) in [5, 5.41) is 0. The predicted molar refractivity (Wildman–Crippen MR) is 57.1 cm³/mol. The number of ketones is 1. The number of halogens is 1. The Hall–Kier alpha value is -1.18. The van der Waals surface area contributed by atoms with Crippen molar-refractivity contribution in [3.8, 4) is 0 Å². The lowest BCUT2D eigenvalue weighted by molar-refractivity contribution is -0.145. The van der Waals surface area contributed by atoms with Crippen LogP contribution in [0.25, 0.3) is 0 Å². The molecule has 1 nitrogen and oxygen atoms in total. The first kappa shape index (κ1) is 10.3. The maximum Gasteiger partial charge on any atom is 0.142 e. The molecule has 1 aliphatic rings. The van der Waals surface area contributed by atoms with Crippen molar-refractivity contribution < 1.29 is 9.18 Å². The van der Waals surface area contributed by atoms with Crippen molar-refractivity contribution in [1.82, 2.24) is 0 Å². The Kier molecular flexibility index (Phi) is 2.18. The fraction of sp³-hybridized carbons (Fsp3) is 0.462. The first-order chi connectivity index (χ1) is 6.96. The van der Waals surface area contributed by atoms with Gasteiger partial charge in [0.05, 0.1) is 0 Å². The van der Waals surface area contributed by atoms with Gasteiger partial charge >= 0.3 is 0 Å². The summed E-state index contributed by atoms with van der Waals surface area (Å²) in [6.45, 7) is 5.67. The molecule has 1 aromatic carbocycles. The van der Waals surface area contributed by atoms with Crippen molar-refractivity contribution in [3.05, 3.63) is 35.6 Å². The van der Waals surface area contributed by atoms with E-state index in [2.05, 4.69) is 0 Å². The number of hydrogen-bond donors (Lipinski definition) is 0. The summed E-state index contributed by atoms with van der Waals surface area (Å²) in [7, 11) is 0. The summed E-state index contributed by atoms with van der Waals surface area (Å²) in [5.41, 5.74) is 0.260. The topological polar surface area (TPSA) is 17.1 Å². The molecule has 0 spiro atoms. The molecule has 15 heavy (non-hydrogen) atoms. The Labute approximate surface area is 89.3 Å². The number of carbonyl (C=O) groups is 1. The highest BCUT2D eigenvalue weighted by Crippen LogP contribution is 2.53. The lowest BCUT2D eigenvalue weighted by Crippen LogP contribution is -2.51. The molecular formula is C13H15FO. The zero-order chi connectivity index (χ0) is 11.2. The van der Waals surface area contributed by atoms with E-state index in [0.717, 1.165) is 0 Å². The van der Waals surface area contributed by atoms with Crippen LogP contribution in [0.1, 0.15) is 32.3 Å². The second-order valence-corrected chi connectivity index (χ2v) is 4.87. The maximum absolute atomic E-state index is 13.6. The molecule has 0 radical (unpaired) electrons. The highest BCUT2D eigenvalue weighted by molar-refractivity contribution is 5.94. The van der Waals surface area contributed by atoms with Crippen LogP contribution < -0.4 is 0 Å². The highest BCUT2D eigenvalue weighted by atomic mass is 19.1. The van der Waals surface area contributed by atoms with Gasteiger partial charge in [0, 0.05) is 17.3 Å². The van der Waals surface area contributed by atoms with Gasteiger partial charge in [-0.15, -0.1) is 0 Å². The minimum atomic E-state index is -0.415. The van der Waals surface area contributed by atoms with E-state index in [-0.39, 0.29) is 23.4 Å². The van der Waals surface area contributed by atoms with Gasteiger partial charge in [0.1, 0.15) is 11.6 Å². The summed E-state index contributed by atoms with van der Waals surface area (Å²) < 4.78 is 13.6. The minimum absolute atomic E-state index is 0.0196. The van der Waals surface area contributed by atoms with E-state index in [1.54, 1.807) is 12.1 Å². The van der Waals surface area contributed by atoms with Crippen LogP contribution in [-0.4, -0.2) is 5.78 Å². The second kappa shape index (κ2) is 3.16. The van der Waals surface area contributed by atoms with Crippen LogP contribution in [0.4, 0.5) is 4.39 Å². The fourth-order valence-electron chi connectivity index (χ4n) is 2.81. The molecule has 80 valence electrons. The van der Waals surface area contributed by atoms with E-state index in [0.29, 0.717) is 5.56 Å². The Morgan fingerprint density at radius 3 is 2.40 bits per heavy atom. The van der Waals surface area contributed by atoms with Gasteiger partial charge in [-0.05, 0) is 11.6 Å². The Bertz CT molecular complexity index is 409. The summed E-state index contributed by atoms with van der Waals surface area (Å²) in [5.74, 6) is -0.00576. The summed E-state index contributed by atoms with van der Waals surface area (Å²) in [6, 6.07) is 6.74. The quantitative estimate of drug-likeness (QED) is 0.689. The second-order valence-electron chi connectivity index (χ2n) is 4.87. The zero-order valence-electron chi connectivity index (χ0n) is 9.25. The van der Waals surface area contributed by atoms with E-state index in [4.69, 9.17) is 0 Å². The third kappa shape index (κ3) is 1.31. The molecule has 0 aromatic heterocycles. The highest BCUT2D eigenvalue weighted by Gasteiger charge is 2.54. The molecular weight excluding hydrogens is 191 g/mol. The lowest BCUT2D eigenvalue weighted by Gasteiger charge is -2.48. The van der Waals surface area contributed by atoms with Crippen LogP contribution >= 0.6 is 0 Å². The Morgan fingerprint density at radius 2 is 1.87 bits per heavy atom. The van der Waals surface area contributed by atoms with Crippen molar-refractivity contribution in [2.45, 2.75) is 26.7 Å². The van der Waals surface area contributed by atoms with Crippen LogP contribution in [0.5, 0.6) is 0 Å². The maximum atomic E-state index is 13.6. The standard InChI is InChI=1S/C13H15FO/c1-8-11(13(2,3)12(8)15)9-6-4-5-7-10(9)14/h4-8,11H,1-3H3. The Balaban J connectivity index is 2.41. The molecule has 2 rings (SSSR count). The molecule has 1 aromatic rings. The molecule has 0 bridgehead atoms. The fourth-order valence-corrected chi connectivity index (χ4v) is 2.81. The van der Waals surface area contributed by atoms with Gasteiger partial charge < -0.3 is 0 Å². The number of benzene rings is 1. The molecule has 0 saturated heterocycles. The third-order valence-corrected chi connectivity index (χ3v) is 3.57. The van der Waals surface area contributed by atoms with Gasteiger partial charge in [-0.2, -0.15) is 0 Å². The van der Waals surface area contributed by atoms with Crippen molar-refractivity contribution in [1.29, 1.82) is 0 Å². The van der Waals surface area contributed by atoms with Crippen LogP contribution in [0.3, 0.4) is 0 Å². The van der Waals surface area contributed by atoms with E-state index >= 15 is 0 Å². The lowest BCUT2D eigenvalue weighted by atomic mass is 9.53. The molecule has 1 saturated carbocycles. The van der Waals surface area contributed by atoms with Crippen molar-refractivity contribution in [2.24, 2.45) is 11.3 Å². The normalized spacial score (nSPS) is 28.7. The van der Waals surface area contributed by atoms with Crippen LogP contribution in [0.2, 0.25) is 0 Å². The third-order valence-electron chi connectivity index (χ3n) is 3.57. The average molecular weight is 206 g/mol. The van der Waals surface area contributed by atoms with Crippen molar-refractivity contribution >= 4 is 5.78 Å². The number of rotatable bonds is 1. The SMILES string of the molecule is CC1C(=O)C(C)(C)C1c1ccccc1F. The molecule has 0 N–H and O–H groups in total. The van der Waals surface area contributed by atoms with E-state index in [1.165, 1.54) is 6.07 Å². The summed E-state index contributed by atoms with van der Waals surface area (Å²) >= 11 is 0. The molecule has 2 atom stereocenters. The van der Waals surface area contributed by atoms with Gasteiger partial charge in [-0.3, -0.25) is 4.79 Å². The zero-order valence-corrected chi connectivity index (χ0v) is 9.25. The molecule has 0 heterocycles. The predicted octanol–water partition coefficient (Wildman–Crippen LogP) is 3.15. The van der Waals surface area contributed by atoms with Crippen molar-refractivity contribution in [3.63, 3.8) is 0 Å². The van der Waals surface area contributed by atoms with Gasteiger partial charge in [0.25, 0.3) is 0 Å². The molecule has 0 aliphatic heterocycles. The van der Waals surface area contributed by atoms with Crippen LogP contribution in [0.15, 0.2) is 24.3 Å². The number of carbonyl (C=O) groups excluding carboxylic acids is 1. The van der Waals surface area contributed by atoms with Crippen molar-refractivity contribution in [2.75, 3.05) is 0 Å². The van der Waals surface area contributed by atoms with Crippen LogP contribution in [0, 0.1) is 17.2 Å². The average Bonchev–Trinajstić information content (AvgIpc) is 2.20. The molecule has 1 fully saturated rings. The largest absolute Gasteiger partial charge is 0.299 e. The monoisotopic (exact) mass is 206 g/mol. The van der Waals surface area contributed by atoms with Gasteiger partial charge in [-0.1, -0.05) is 39.0 Å². The summed E-state index contributed by atoms with van der Waals surface area (Å²) in [4.78, 5) is 11.7. The van der Waals surface area contributed by atoms with E-state index in [9.17, 15) is 9.18 Å². The van der Waals surface area contributed by atoms with Crippen LogP contribution in [-0.2, 0) is 4.79 Å². The Morgan fingerprint density at radius 1 is 1.27 bits per heavy atom. The molecule has 2 heteroatoms. The van der Waals surface area contributed by atoms with Gasteiger partial charge in [0.15, 0.2) is 0 Å². The number of hydrogen-bond acceptors (Lipinski definition) is 1. The van der Waals surface area contributed by atoms with Gasteiger partial charge in [0.2, 0.25) is 0 Å². The molecule has 0 amide bonds. The first-order valence-corrected chi connectivity index (χ1v) is 5.25. The smallest absolute Gasteiger partial charge is 0.142 e. The van der Waals surface area contributed by atoms with Gasteiger partial charge in [-0.25, -0.2) is 4.39 Å². The van der Waals surface area contributed by atoms with E-state index < -0.39 is 5.41 Å². The molecule has 2 unspecified atom stereocenters. The number of Topliss-reactive ketones (excluding diaryl/α,β-unsaturated/α-hetero) is 1.